The van der Waals surface area contributed by atoms with Crippen molar-refractivity contribution in [3.63, 3.8) is 0 Å². The summed E-state index contributed by atoms with van der Waals surface area (Å²) in [5, 5.41) is 2.92. The Hall–Kier alpha value is -3.21. The fourth-order valence-electron chi connectivity index (χ4n) is 3.27. The molecule has 1 amide bonds. The van der Waals surface area contributed by atoms with E-state index in [-0.39, 0.29) is 5.91 Å². The predicted molar refractivity (Wildman–Crippen MR) is 108 cm³/mol. The van der Waals surface area contributed by atoms with Gasteiger partial charge in [-0.3, -0.25) is 4.79 Å². The number of carbonyl (C=O) groups excluding carboxylic acids is 1. The van der Waals surface area contributed by atoms with Crippen LogP contribution in [0.1, 0.15) is 29.8 Å². The van der Waals surface area contributed by atoms with Gasteiger partial charge in [-0.15, -0.1) is 0 Å². The molecule has 2 heterocycles. The number of amides is 1. The van der Waals surface area contributed by atoms with Gasteiger partial charge < -0.3 is 10.2 Å². The predicted octanol–water partition coefficient (Wildman–Crippen LogP) is 4.39. The molecule has 136 valence electrons. The summed E-state index contributed by atoms with van der Waals surface area (Å²) in [6, 6.07) is 21.0. The Morgan fingerprint density at radius 2 is 1.52 bits per heavy atom. The SMILES string of the molecule is O=C(Nc1ccccc1)c1cc(N2CCCCC2)nc(-c2ccccc2)n1. The van der Waals surface area contributed by atoms with E-state index in [9.17, 15) is 4.79 Å². The number of para-hydroxylation sites is 1. The summed E-state index contributed by atoms with van der Waals surface area (Å²) in [7, 11) is 0. The Labute approximate surface area is 159 Å². The molecule has 5 heteroatoms. The molecule has 0 bridgehead atoms. The maximum atomic E-state index is 12.8. The second-order valence-electron chi connectivity index (χ2n) is 6.67. The molecule has 27 heavy (non-hydrogen) atoms. The van der Waals surface area contributed by atoms with Crippen LogP contribution in [0.2, 0.25) is 0 Å². The molecule has 4 rings (SSSR count). The average molecular weight is 358 g/mol. The summed E-state index contributed by atoms with van der Waals surface area (Å²) in [6.45, 7) is 1.93. The van der Waals surface area contributed by atoms with Crippen LogP contribution in [0.25, 0.3) is 11.4 Å². The molecule has 1 aliphatic heterocycles. The monoisotopic (exact) mass is 358 g/mol. The third-order valence-electron chi connectivity index (χ3n) is 4.69. The Bertz CT molecular complexity index is 906. The van der Waals surface area contributed by atoms with Crippen LogP contribution in [0.5, 0.6) is 0 Å². The van der Waals surface area contributed by atoms with E-state index in [2.05, 4.69) is 15.2 Å². The maximum absolute atomic E-state index is 12.8. The second-order valence-corrected chi connectivity index (χ2v) is 6.67. The number of piperidine rings is 1. The van der Waals surface area contributed by atoms with Gasteiger partial charge in [0.15, 0.2) is 5.82 Å². The lowest BCUT2D eigenvalue weighted by Crippen LogP contribution is -2.30. The van der Waals surface area contributed by atoms with Crippen molar-refractivity contribution in [3.05, 3.63) is 72.4 Å². The highest BCUT2D eigenvalue weighted by Crippen LogP contribution is 2.23. The smallest absolute Gasteiger partial charge is 0.274 e. The highest BCUT2D eigenvalue weighted by molar-refractivity contribution is 6.03. The van der Waals surface area contributed by atoms with Crippen LogP contribution in [-0.4, -0.2) is 29.0 Å². The number of anilines is 2. The molecule has 1 aromatic heterocycles. The van der Waals surface area contributed by atoms with Crippen LogP contribution in [0, 0.1) is 0 Å². The van der Waals surface area contributed by atoms with Gasteiger partial charge in [-0.2, -0.15) is 0 Å². The molecular weight excluding hydrogens is 336 g/mol. The zero-order chi connectivity index (χ0) is 18.5. The van der Waals surface area contributed by atoms with Crippen molar-refractivity contribution in [1.29, 1.82) is 0 Å². The lowest BCUT2D eigenvalue weighted by Gasteiger charge is -2.28. The van der Waals surface area contributed by atoms with Crippen molar-refractivity contribution >= 4 is 17.4 Å². The molecule has 0 spiro atoms. The van der Waals surface area contributed by atoms with E-state index >= 15 is 0 Å². The van der Waals surface area contributed by atoms with Gasteiger partial charge in [0.05, 0.1) is 0 Å². The summed E-state index contributed by atoms with van der Waals surface area (Å²) in [5.41, 5.74) is 2.04. The van der Waals surface area contributed by atoms with Gasteiger partial charge in [-0.25, -0.2) is 9.97 Å². The average Bonchev–Trinajstić information content (AvgIpc) is 2.75. The summed E-state index contributed by atoms with van der Waals surface area (Å²) in [6.07, 6.45) is 3.54. The summed E-state index contributed by atoms with van der Waals surface area (Å²) < 4.78 is 0. The second kappa shape index (κ2) is 7.99. The third-order valence-corrected chi connectivity index (χ3v) is 4.69. The van der Waals surface area contributed by atoms with E-state index in [4.69, 9.17) is 4.98 Å². The number of benzene rings is 2. The van der Waals surface area contributed by atoms with Crippen LogP contribution in [-0.2, 0) is 0 Å². The minimum atomic E-state index is -0.223. The largest absolute Gasteiger partial charge is 0.356 e. The molecule has 0 saturated carbocycles. The first-order valence-corrected chi connectivity index (χ1v) is 9.35. The van der Waals surface area contributed by atoms with E-state index in [1.54, 1.807) is 6.07 Å². The first kappa shape index (κ1) is 17.2. The number of carbonyl (C=O) groups is 1. The van der Waals surface area contributed by atoms with Gasteiger partial charge in [-0.05, 0) is 31.4 Å². The van der Waals surface area contributed by atoms with Crippen LogP contribution in [0.3, 0.4) is 0 Å². The number of hydrogen-bond acceptors (Lipinski definition) is 4. The standard InChI is InChI=1S/C22H22N4O/c27-22(23-18-12-6-2-7-13-18)19-16-20(26-14-8-3-9-15-26)25-21(24-19)17-10-4-1-5-11-17/h1-2,4-7,10-13,16H,3,8-9,14-15H2,(H,23,27). The lowest BCUT2D eigenvalue weighted by atomic mass is 10.1. The molecule has 1 saturated heterocycles. The zero-order valence-electron chi connectivity index (χ0n) is 15.1. The Morgan fingerprint density at radius 3 is 2.22 bits per heavy atom. The van der Waals surface area contributed by atoms with Gasteiger partial charge in [0.2, 0.25) is 0 Å². The Balaban J connectivity index is 1.70. The molecule has 0 aliphatic carbocycles. The van der Waals surface area contributed by atoms with Crippen molar-refractivity contribution in [2.45, 2.75) is 19.3 Å². The molecule has 0 unspecified atom stereocenters. The molecule has 5 nitrogen and oxygen atoms in total. The van der Waals surface area contributed by atoms with Crippen LogP contribution in [0.15, 0.2) is 66.7 Å². The first-order valence-electron chi connectivity index (χ1n) is 9.35. The Kier molecular flexibility index (Phi) is 5.10. The summed E-state index contributed by atoms with van der Waals surface area (Å²) in [5.74, 6) is 1.18. The van der Waals surface area contributed by atoms with Gasteiger partial charge in [0.25, 0.3) is 5.91 Å². The van der Waals surface area contributed by atoms with E-state index in [1.165, 1.54) is 6.42 Å². The first-order chi connectivity index (χ1) is 13.3. The molecule has 0 atom stereocenters. The summed E-state index contributed by atoms with van der Waals surface area (Å²) in [4.78, 5) is 24.4. The van der Waals surface area contributed by atoms with Crippen molar-refractivity contribution in [2.75, 3.05) is 23.3 Å². The maximum Gasteiger partial charge on any atom is 0.274 e. The minimum Gasteiger partial charge on any atom is -0.356 e. The van der Waals surface area contributed by atoms with E-state index in [0.29, 0.717) is 11.5 Å². The molecule has 1 aliphatic rings. The lowest BCUT2D eigenvalue weighted by molar-refractivity contribution is 0.102. The fourth-order valence-corrected chi connectivity index (χ4v) is 3.27. The topological polar surface area (TPSA) is 58.1 Å². The summed E-state index contributed by atoms with van der Waals surface area (Å²) >= 11 is 0. The molecule has 1 N–H and O–H groups in total. The highest BCUT2D eigenvalue weighted by Gasteiger charge is 2.18. The van der Waals surface area contributed by atoms with Gasteiger partial charge in [0.1, 0.15) is 11.5 Å². The number of nitrogens with zero attached hydrogens (tertiary/aromatic N) is 3. The molecule has 0 radical (unpaired) electrons. The Morgan fingerprint density at radius 1 is 0.852 bits per heavy atom. The minimum absolute atomic E-state index is 0.223. The van der Waals surface area contributed by atoms with Crippen LogP contribution in [0.4, 0.5) is 11.5 Å². The normalized spacial score (nSPS) is 14.0. The van der Waals surface area contributed by atoms with Crippen molar-refractivity contribution < 1.29 is 4.79 Å². The number of hydrogen-bond donors (Lipinski definition) is 1. The van der Waals surface area contributed by atoms with Crippen molar-refractivity contribution in [3.8, 4) is 11.4 Å². The van der Waals surface area contributed by atoms with Crippen LogP contribution >= 0.6 is 0 Å². The molecule has 1 fully saturated rings. The fraction of sp³-hybridized carbons (Fsp3) is 0.227. The molecule has 3 aromatic rings. The van der Waals surface area contributed by atoms with Gasteiger partial charge in [-0.1, -0.05) is 48.5 Å². The number of nitrogens with one attached hydrogen (secondary N) is 1. The molecule has 2 aromatic carbocycles. The van der Waals surface area contributed by atoms with E-state index < -0.39 is 0 Å². The molecular formula is C22H22N4O. The van der Waals surface area contributed by atoms with Crippen molar-refractivity contribution in [1.82, 2.24) is 9.97 Å². The van der Waals surface area contributed by atoms with Crippen molar-refractivity contribution in [2.24, 2.45) is 0 Å². The van der Waals surface area contributed by atoms with E-state index in [0.717, 1.165) is 43.0 Å². The van der Waals surface area contributed by atoms with Crippen LogP contribution < -0.4 is 10.2 Å². The quantitative estimate of drug-likeness (QED) is 0.752. The highest BCUT2D eigenvalue weighted by atomic mass is 16.1. The van der Waals surface area contributed by atoms with E-state index in [1.807, 2.05) is 60.7 Å². The van der Waals surface area contributed by atoms with Gasteiger partial charge >= 0.3 is 0 Å². The third kappa shape index (κ3) is 4.14. The number of aromatic nitrogens is 2. The number of rotatable bonds is 4. The zero-order valence-corrected chi connectivity index (χ0v) is 15.1. The van der Waals surface area contributed by atoms with Gasteiger partial charge in [0, 0.05) is 30.4 Å².